The average Bonchev–Trinajstić information content (AvgIpc) is 2.63. The molecule has 0 heterocycles. The van der Waals surface area contributed by atoms with E-state index in [4.69, 9.17) is 5.73 Å². The van der Waals surface area contributed by atoms with Crippen molar-refractivity contribution >= 4 is 45.5 Å². The highest BCUT2D eigenvalue weighted by molar-refractivity contribution is 8.13. The topological polar surface area (TPSA) is 104 Å². The molecule has 0 bridgehead atoms. The van der Waals surface area contributed by atoms with E-state index in [9.17, 15) is 4.79 Å². The minimum atomic E-state index is -0.0882. The summed E-state index contributed by atoms with van der Waals surface area (Å²) < 4.78 is 0. The van der Waals surface area contributed by atoms with E-state index in [1.165, 1.54) is 29.6 Å². The molecule has 0 spiro atoms. The molecule has 0 saturated heterocycles. The second-order valence-corrected chi connectivity index (χ2v) is 6.33. The first-order valence-electron chi connectivity index (χ1n) is 7.30. The molecule has 0 aliphatic rings. The van der Waals surface area contributed by atoms with E-state index in [1.807, 2.05) is 30.7 Å². The Kier molecular flexibility index (Phi) is 9.41. The number of allylic oxidation sites excluding steroid dienone is 2. The van der Waals surface area contributed by atoms with Crippen LogP contribution in [0.1, 0.15) is 24.2 Å². The number of amidine groups is 3. The molecule has 134 valence electrons. The molecule has 0 aliphatic carbocycles. The maximum atomic E-state index is 12.1. The average molecular weight is 379 g/mol. The van der Waals surface area contributed by atoms with Crippen molar-refractivity contribution < 1.29 is 4.79 Å². The van der Waals surface area contributed by atoms with Crippen LogP contribution in [-0.2, 0) is 0 Å². The number of aliphatic imine (C=N–C) groups is 1. The number of nitrogens with one attached hydrogen (secondary N) is 2. The zero-order valence-corrected chi connectivity index (χ0v) is 16.2. The van der Waals surface area contributed by atoms with Crippen LogP contribution in [0.3, 0.4) is 0 Å². The summed E-state index contributed by atoms with van der Waals surface area (Å²) in [7, 11) is 0. The summed E-state index contributed by atoms with van der Waals surface area (Å²) in [5, 5.41) is 9.01. The fraction of sp³-hybridized carbons (Fsp3) is 0.250. The highest BCUT2D eigenvalue weighted by Gasteiger charge is 2.02. The molecule has 0 atom stereocenters. The number of hydrazone groups is 2. The third-order valence-electron chi connectivity index (χ3n) is 2.72. The molecule has 1 aromatic carbocycles. The second-order valence-electron chi connectivity index (χ2n) is 4.73. The molecule has 1 rings (SSSR count). The van der Waals surface area contributed by atoms with E-state index in [0.717, 1.165) is 0 Å². The van der Waals surface area contributed by atoms with Crippen LogP contribution in [0.5, 0.6) is 0 Å². The molecule has 0 aromatic heterocycles. The number of ketones is 1. The summed E-state index contributed by atoms with van der Waals surface area (Å²) in [6, 6.07) is 9.05. The number of rotatable bonds is 5. The van der Waals surface area contributed by atoms with Gasteiger partial charge in [-0.3, -0.25) is 15.6 Å². The van der Waals surface area contributed by atoms with Crippen molar-refractivity contribution in [3.8, 4) is 0 Å². The van der Waals surface area contributed by atoms with E-state index in [2.05, 4.69) is 26.0 Å². The molecular weight excluding hydrogens is 356 g/mol. The van der Waals surface area contributed by atoms with Gasteiger partial charge in [0.25, 0.3) is 0 Å². The Morgan fingerprint density at radius 3 is 2.36 bits per heavy atom. The van der Waals surface area contributed by atoms with Gasteiger partial charge in [0.15, 0.2) is 11.0 Å². The normalized spacial score (nSPS) is 13.6. The van der Waals surface area contributed by atoms with E-state index < -0.39 is 0 Å². The van der Waals surface area contributed by atoms with Gasteiger partial charge in [0.05, 0.1) is 0 Å². The zero-order valence-electron chi connectivity index (χ0n) is 14.6. The Hall–Kier alpha value is -2.26. The first kappa shape index (κ1) is 20.8. The Bertz CT molecular complexity index is 698. The predicted octanol–water partition coefficient (Wildman–Crippen LogP) is 2.60. The summed E-state index contributed by atoms with van der Waals surface area (Å²) in [5.74, 6) is 0.462. The van der Waals surface area contributed by atoms with Crippen LogP contribution < -0.4 is 16.6 Å². The van der Waals surface area contributed by atoms with Crippen molar-refractivity contribution in [3.63, 3.8) is 0 Å². The first-order valence-corrected chi connectivity index (χ1v) is 9.75. The maximum absolute atomic E-state index is 12.1. The molecule has 25 heavy (non-hydrogen) atoms. The Labute approximate surface area is 156 Å². The first-order chi connectivity index (χ1) is 12.0. The molecule has 1 aromatic rings. The van der Waals surface area contributed by atoms with E-state index in [-0.39, 0.29) is 5.78 Å². The van der Waals surface area contributed by atoms with Gasteiger partial charge in [0.1, 0.15) is 5.84 Å². The SMILES string of the molecule is CSC(/N=C(/C)N/N=C(\N)SC)=N\N/C(C)=C/C(=O)c1ccccc1. The number of hydrogen-bond acceptors (Lipinski definition) is 6. The summed E-state index contributed by atoms with van der Waals surface area (Å²) in [5.41, 5.74) is 12.4. The van der Waals surface area contributed by atoms with Crippen LogP contribution in [-0.4, -0.2) is 34.5 Å². The van der Waals surface area contributed by atoms with Crippen LogP contribution in [0.15, 0.2) is 57.3 Å². The van der Waals surface area contributed by atoms with Crippen LogP contribution >= 0.6 is 23.5 Å². The van der Waals surface area contributed by atoms with Crippen molar-refractivity contribution in [3.05, 3.63) is 47.7 Å². The van der Waals surface area contributed by atoms with Crippen molar-refractivity contribution in [2.45, 2.75) is 13.8 Å². The van der Waals surface area contributed by atoms with Crippen molar-refractivity contribution in [2.75, 3.05) is 12.5 Å². The van der Waals surface area contributed by atoms with Gasteiger partial charge in [-0.1, -0.05) is 53.9 Å². The molecule has 9 heteroatoms. The van der Waals surface area contributed by atoms with Gasteiger partial charge in [0, 0.05) is 17.3 Å². The number of nitrogens with zero attached hydrogens (tertiary/aromatic N) is 3. The third-order valence-corrected chi connectivity index (χ3v) is 3.77. The standard InChI is InChI=1S/C16H22N6OS2/c1-11(10-14(23)13-8-6-5-7-9-13)19-22-16(25-4)18-12(2)20-21-15(17)24-3/h5-10,19H,1-4H3,(H2,17,21)(H,18,20,22)/b11-10+. The van der Waals surface area contributed by atoms with Gasteiger partial charge in [0.2, 0.25) is 5.17 Å². The van der Waals surface area contributed by atoms with Crippen LogP contribution in [0, 0.1) is 0 Å². The summed E-state index contributed by atoms with van der Waals surface area (Å²) in [6.07, 6.45) is 5.18. The molecular formula is C16H22N6OS2. The van der Waals surface area contributed by atoms with Crippen LogP contribution in [0.25, 0.3) is 0 Å². The van der Waals surface area contributed by atoms with Gasteiger partial charge >= 0.3 is 0 Å². The van der Waals surface area contributed by atoms with Crippen LogP contribution in [0.4, 0.5) is 0 Å². The molecule has 0 saturated carbocycles. The van der Waals surface area contributed by atoms with Gasteiger partial charge in [-0.25, -0.2) is 4.99 Å². The Balaban J connectivity index is 2.72. The van der Waals surface area contributed by atoms with Gasteiger partial charge in [-0.15, -0.1) is 10.2 Å². The van der Waals surface area contributed by atoms with E-state index in [0.29, 0.717) is 27.4 Å². The quantitative estimate of drug-likeness (QED) is 0.239. The molecule has 7 nitrogen and oxygen atoms in total. The number of benzene rings is 1. The molecule has 0 amide bonds. The summed E-state index contributed by atoms with van der Waals surface area (Å²) in [4.78, 5) is 16.4. The molecule has 0 unspecified atom stereocenters. The van der Waals surface area contributed by atoms with E-state index >= 15 is 0 Å². The summed E-state index contributed by atoms with van der Waals surface area (Å²) >= 11 is 2.69. The fourth-order valence-electron chi connectivity index (χ4n) is 1.52. The second kappa shape index (κ2) is 11.3. The lowest BCUT2D eigenvalue weighted by Gasteiger charge is -2.04. The predicted molar refractivity (Wildman–Crippen MR) is 110 cm³/mol. The van der Waals surface area contributed by atoms with Crippen molar-refractivity contribution in [2.24, 2.45) is 20.9 Å². The number of thioether (sulfide) groups is 2. The van der Waals surface area contributed by atoms with Gasteiger partial charge in [-0.05, 0) is 26.4 Å². The minimum absolute atomic E-state index is 0.0882. The van der Waals surface area contributed by atoms with E-state index in [1.54, 1.807) is 26.0 Å². The molecule has 0 aliphatic heterocycles. The van der Waals surface area contributed by atoms with Gasteiger partial charge < -0.3 is 5.73 Å². The maximum Gasteiger partial charge on any atom is 0.208 e. The van der Waals surface area contributed by atoms with Crippen molar-refractivity contribution in [1.82, 2.24) is 10.9 Å². The lowest BCUT2D eigenvalue weighted by Crippen LogP contribution is -2.20. The number of carbonyl (C=O) groups is 1. The highest BCUT2D eigenvalue weighted by Crippen LogP contribution is 2.04. The monoisotopic (exact) mass is 378 g/mol. The number of carbonyl (C=O) groups excluding carboxylic acids is 1. The minimum Gasteiger partial charge on any atom is -0.377 e. The highest BCUT2D eigenvalue weighted by atomic mass is 32.2. The summed E-state index contributed by atoms with van der Waals surface area (Å²) in [6.45, 7) is 3.52. The molecule has 0 fully saturated rings. The number of hydrogen-bond donors (Lipinski definition) is 3. The lowest BCUT2D eigenvalue weighted by atomic mass is 10.1. The molecule has 0 radical (unpaired) electrons. The lowest BCUT2D eigenvalue weighted by molar-refractivity contribution is 0.104. The fourth-order valence-corrected chi connectivity index (χ4v) is 2.02. The number of nitrogens with two attached hydrogens (primary N) is 1. The Morgan fingerprint density at radius 1 is 1.08 bits per heavy atom. The zero-order chi connectivity index (χ0) is 18.7. The van der Waals surface area contributed by atoms with Crippen LogP contribution in [0.2, 0.25) is 0 Å². The van der Waals surface area contributed by atoms with Gasteiger partial charge in [-0.2, -0.15) is 0 Å². The third kappa shape index (κ3) is 8.41. The smallest absolute Gasteiger partial charge is 0.208 e. The largest absolute Gasteiger partial charge is 0.377 e. The molecule has 4 N–H and O–H groups in total. The van der Waals surface area contributed by atoms with Crippen molar-refractivity contribution in [1.29, 1.82) is 0 Å². The Morgan fingerprint density at radius 2 is 1.76 bits per heavy atom.